The molecule has 2 aromatic carbocycles. The Morgan fingerprint density at radius 3 is 2.38 bits per heavy atom. The highest BCUT2D eigenvalue weighted by Gasteiger charge is 2.21. The molecule has 112 valence electrons. The maximum absolute atomic E-state index is 12.6. The number of nitrogens with zero attached hydrogens (tertiary/aromatic N) is 1. The van der Waals surface area contributed by atoms with Crippen LogP contribution in [0, 0.1) is 13.8 Å². The molecule has 3 nitrogen and oxygen atoms in total. The number of rotatable bonds is 4. The number of hydrogen-bond acceptors (Lipinski definition) is 2. The Morgan fingerprint density at radius 1 is 1.05 bits per heavy atom. The second kappa shape index (κ2) is 6.30. The van der Waals surface area contributed by atoms with Gasteiger partial charge >= 0.3 is 0 Å². The Labute approximate surface area is 134 Å². The van der Waals surface area contributed by atoms with Crippen LogP contribution in [0.15, 0.2) is 51.8 Å². The van der Waals surface area contributed by atoms with Gasteiger partial charge in [0.25, 0.3) is 0 Å². The molecule has 0 aromatic heterocycles. The molecule has 21 heavy (non-hydrogen) atoms. The summed E-state index contributed by atoms with van der Waals surface area (Å²) in [5, 5.41) is 0. The lowest BCUT2D eigenvalue weighted by atomic mass is 10.1. The lowest BCUT2D eigenvalue weighted by Crippen LogP contribution is -2.26. The minimum Gasteiger partial charge on any atom is -0.207 e. The van der Waals surface area contributed by atoms with E-state index in [0.717, 1.165) is 21.2 Å². The third-order valence-corrected chi connectivity index (χ3v) is 5.77. The second-order valence-corrected chi connectivity index (χ2v) is 8.10. The molecule has 0 aliphatic heterocycles. The molecular formula is C16H18BrNO2S. The number of hydrogen-bond donors (Lipinski definition) is 0. The lowest BCUT2D eigenvalue weighted by Gasteiger charge is -2.18. The standard InChI is InChI=1S/C16H18BrNO2S/c1-12-7-8-16(9-13(12)2)21(19,20)18(3)11-14-5-4-6-15(17)10-14/h4-10H,11H2,1-3H3. The summed E-state index contributed by atoms with van der Waals surface area (Å²) >= 11 is 3.40. The van der Waals surface area contributed by atoms with Gasteiger partial charge in [-0.05, 0) is 54.8 Å². The highest BCUT2D eigenvalue weighted by molar-refractivity contribution is 9.10. The lowest BCUT2D eigenvalue weighted by molar-refractivity contribution is 0.466. The highest BCUT2D eigenvalue weighted by Crippen LogP contribution is 2.20. The Kier molecular flexibility index (Phi) is 4.86. The van der Waals surface area contributed by atoms with Gasteiger partial charge in [-0.2, -0.15) is 4.31 Å². The van der Waals surface area contributed by atoms with Gasteiger partial charge in [0, 0.05) is 18.1 Å². The monoisotopic (exact) mass is 367 g/mol. The molecule has 5 heteroatoms. The van der Waals surface area contributed by atoms with Gasteiger partial charge in [0.1, 0.15) is 0 Å². The van der Waals surface area contributed by atoms with E-state index in [9.17, 15) is 8.42 Å². The van der Waals surface area contributed by atoms with Gasteiger partial charge in [0.2, 0.25) is 10.0 Å². The molecule has 0 spiro atoms. The van der Waals surface area contributed by atoms with E-state index < -0.39 is 10.0 Å². The van der Waals surface area contributed by atoms with E-state index in [-0.39, 0.29) is 0 Å². The molecule has 0 atom stereocenters. The molecule has 2 aromatic rings. The second-order valence-electron chi connectivity index (χ2n) is 5.14. The van der Waals surface area contributed by atoms with Crippen LogP contribution in [-0.2, 0) is 16.6 Å². The molecule has 0 fully saturated rings. The first kappa shape index (κ1) is 16.2. The first-order valence-electron chi connectivity index (χ1n) is 6.59. The van der Waals surface area contributed by atoms with Crippen molar-refractivity contribution in [2.24, 2.45) is 0 Å². The minimum absolute atomic E-state index is 0.336. The summed E-state index contributed by atoms with van der Waals surface area (Å²) in [4.78, 5) is 0.336. The summed E-state index contributed by atoms with van der Waals surface area (Å²) in [7, 11) is -1.87. The quantitative estimate of drug-likeness (QED) is 0.821. The summed E-state index contributed by atoms with van der Waals surface area (Å²) in [6.07, 6.45) is 0. The summed E-state index contributed by atoms with van der Waals surface area (Å²) in [6.45, 7) is 4.23. The van der Waals surface area contributed by atoms with Crippen molar-refractivity contribution >= 4 is 26.0 Å². The van der Waals surface area contributed by atoms with Crippen molar-refractivity contribution in [1.82, 2.24) is 4.31 Å². The topological polar surface area (TPSA) is 37.4 Å². The highest BCUT2D eigenvalue weighted by atomic mass is 79.9. The molecule has 0 saturated carbocycles. The molecule has 0 radical (unpaired) electrons. The first-order chi connectivity index (χ1) is 9.80. The number of aryl methyl sites for hydroxylation is 2. The van der Waals surface area contributed by atoms with Gasteiger partial charge in [0.15, 0.2) is 0 Å². The molecule has 0 heterocycles. The maximum Gasteiger partial charge on any atom is 0.243 e. The van der Waals surface area contributed by atoms with Crippen LogP contribution in [-0.4, -0.2) is 19.8 Å². The van der Waals surface area contributed by atoms with E-state index in [2.05, 4.69) is 15.9 Å². The van der Waals surface area contributed by atoms with Crippen LogP contribution >= 0.6 is 15.9 Å². The van der Waals surface area contributed by atoms with Gasteiger partial charge in [-0.25, -0.2) is 8.42 Å². The molecule has 0 bridgehead atoms. The van der Waals surface area contributed by atoms with Gasteiger partial charge in [0.05, 0.1) is 4.90 Å². The molecule has 0 N–H and O–H groups in total. The Hall–Kier alpha value is -1.17. The third kappa shape index (κ3) is 3.73. The summed E-state index contributed by atoms with van der Waals surface area (Å²) in [5.41, 5.74) is 3.01. The third-order valence-electron chi connectivity index (χ3n) is 3.48. The molecule has 0 amide bonds. The van der Waals surface area contributed by atoms with E-state index in [1.165, 1.54) is 4.31 Å². The first-order valence-corrected chi connectivity index (χ1v) is 8.82. The zero-order valence-electron chi connectivity index (χ0n) is 12.3. The zero-order valence-corrected chi connectivity index (χ0v) is 14.7. The van der Waals surface area contributed by atoms with Crippen molar-refractivity contribution in [2.75, 3.05) is 7.05 Å². The normalized spacial score (nSPS) is 11.9. The van der Waals surface area contributed by atoms with Crippen LogP contribution in [0.3, 0.4) is 0 Å². The van der Waals surface area contributed by atoms with Gasteiger partial charge in [-0.3, -0.25) is 0 Å². The van der Waals surface area contributed by atoms with Gasteiger partial charge in [-0.1, -0.05) is 34.1 Å². The molecule has 0 aliphatic carbocycles. The van der Waals surface area contributed by atoms with Crippen molar-refractivity contribution in [3.8, 4) is 0 Å². The van der Waals surface area contributed by atoms with E-state index in [1.807, 2.05) is 44.2 Å². The summed E-state index contributed by atoms with van der Waals surface area (Å²) in [6, 6.07) is 12.9. The van der Waals surface area contributed by atoms with E-state index in [1.54, 1.807) is 19.2 Å². The molecule has 0 unspecified atom stereocenters. The minimum atomic E-state index is -3.47. The van der Waals surface area contributed by atoms with Crippen molar-refractivity contribution in [3.05, 3.63) is 63.6 Å². The Balaban J connectivity index is 2.28. The number of benzene rings is 2. The van der Waals surface area contributed by atoms with Crippen LogP contribution in [0.4, 0.5) is 0 Å². The largest absolute Gasteiger partial charge is 0.243 e. The fourth-order valence-corrected chi connectivity index (χ4v) is 3.72. The molecule has 0 saturated heterocycles. The Bertz CT molecular complexity index is 757. The van der Waals surface area contributed by atoms with Crippen LogP contribution in [0.25, 0.3) is 0 Å². The zero-order chi connectivity index (χ0) is 15.6. The summed E-state index contributed by atoms with van der Waals surface area (Å²) < 4.78 is 27.5. The molecule has 2 rings (SSSR count). The van der Waals surface area contributed by atoms with Crippen LogP contribution < -0.4 is 0 Å². The Morgan fingerprint density at radius 2 is 1.76 bits per heavy atom. The van der Waals surface area contributed by atoms with Gasteiger partial charge in [-0.15, -0.1) is 0 Å². The predicted octanol–water partition coefficient (Wildman–Crippen LogP) is 3.89. The SMILES string of the molecule is Cc1ccc(S(=O)(=O)N(C)Cc2cccc(Br)c2)cc1C. The van der Waals surface area contributed by atoms with E-state index in [4.69, 9.17) is 0 Å². The number of halogens is 1. The average Bonchev–Trinajstić information content (AvgIpc) is 2.41. The number of sulfonamides is 1. The van der Waals surface area contributed by atoms with Crippen LogP contribution in [0.5, 0.6) is 0 Å². The predicted molar refractivity (Wildman–Crippen MR) is 88.7 cm³/mol. The van der Waals surface area contributed by atoms with Crippen LogP contribution in [0.2, 0.25) is 0 Å². The average molecular weight is 368 g/mol. The van der Waals surface area contributed by atoms with Crippen LogP contribution in [0.1, 0.15) is 16.7 Å². The van der Waals surface area contributed by atoms with Gasteiger partial charge < -0.3 is 0 Å². The van der Waals surface area contributed by atoms with E-state index in [0.29, 0.717) is 11.4 Å². The fourth-order valence-electron chi connectivity index (χ4n) is 2.03. The van der Waals surface area contributed by atoms with Crippen molar-refractivity contribution in [3.63, 3.8) is 0 Å². The van der Waals surface area contributed by atoms with Crippen molar-refractivity contribution in [1.29, 1.82) is 0 Å². The smallest absolute Gasteiger partial charge is 0.207 e. The molecular weight excluding hydrogens is 350 g/mol. The summed E-state index contributed by atoms with van der Waals surface area (Å²) in [5.74, 6) is 0. The maximum atomic E-state index is 12.6. The van der Waals surface area contributed by atoms with E-state index >= 15 is 0 Å². The van der Waals surface area contributed by atoms with Crippen molar-refractivity contribution < 1.29 is 8.42 Å². The van der Waals surface area contributed by atoms with Crippen molar-refractivity contribution in [2.45, 2.75) is 25.3 Å². The molecule has 0 aliphatic rings. The fraction of sp³-hybridized carbons (Fsp3) is 0.250.